The molecule has 7 nitrogen and oxygen atoms in total. The molecule has 0 amide bonds. The fourth-order valence-corrected chi connectivity index (χ4v) is 6.52. The van der Waals surface area contributed by atoms with E-state index in [1.165, 1.54) is 23.5 Å². The first-order chi connectivity index (χ1) is 18.6. The monoisotopic (exact) mass is 530 g/mol. The zero-order valence-electron chi connectivity index (χ0n) is 23.5. The lowest BCUT2D eigenvalue weighted by molar-refractivity contribution is -0.0473. The Morgan fingerprint density at radius 2 is 1.62 bits per heavy atom. The van der Waals surface area contributed by atoms with E-state index in [2.05, 4.69) is 50.7 Å². The minimum absolute atomic E-state index is 0.0951. The number of pyridine rings is 2. The van der Waals surface area contributed by atoms with Gasteiger partial charge in [0, 0.05) is 42.5 Å². The van der Waals surface area contributed by atoms with E-state index in [0.717, 1.165) is 31.3 Å². The molecule has 0 bridgehead atoms. The van der Waals surface area contributed by atoms with E-state index in [1.54, 1.807) is 36.7 Å². The van der Waals surface area contributed by atoms with Crippen LogP contribution in [-0.4, -0.2) is 45.8 Å². The molecule has 0 aromatic carbocycles. The summed E-state index contributed by atoms with van der Waals surface area (Å²) in [7, 11) is 0. The molecule has 39 heavy (non-hydrogen) atoms. The lowest BCUT2D eigenvalue weighted by Gasteiger charge is -2.42. The van der Waals surface area contributed by atoms with Gasteiger partial charge in [-0.2, -0.15) is 0 Å². The number of epoxide rings is 1. The molecule has 2 fully saturated rings. The van der Waals surface area contributed by atoms with Crippen LogP contribution in [0, 0.1) is 11.3 Å². The summed E-state index contributed by atoms with van der Waals surface area (Å²) in [4.78, 5) is 34.9. The lowest BCUT2D eigenvalue weighted by Crippen LogP contribution is -2.46. The van der Waals surface area contributed by atoms with Crippen molar-refractivity contribution in [2.24, 2.45) is 11.3 Å². The van der Waals surface area contributed by atoms with E-state index >= 15 is 0 Å². The van der Waals surface area contributed by atoms with Crippen LogP contribution in [0.5, 0.6) is 0 Å². The van der Waals surface area contributed by atoms with Gasteiger partial charge < -0.3 is 14.2 Å². The Morgan fingerprint density at radius 3 is 2.21 bits per heavy atom. The molecule has 2 aromatic heterocycles. The van der Waals surface area contributed by atoms with Gasteiger partial charge in [-0.05, 0) is 83.7 Å². The van der Waals surface area contributed by atoms with Crippen molar-refractivity contribution in [3.05, 3.63) is 83.0 Å². The third kappa shape index (κ3) is 5.55. The van der Waals surface area contributed by atoms with Gasteiger partial charge in [-0.1, -0.05) is 23.6 Å². The van der Waals surface area contributed by atoms with Crippen LogP contribution in [0.25, 0.3) is 0 Å². The first kappa shape index (κ1) is 27.3. The van der Waals surface area contributed by atoms with Gasteiger partial charge in [0.1, 0.15) is 12.2 Å². The molecule has 2 aromatic rings. The van der Waals surface area contributed by atoms with E-state index in [4.69, 9.17) is 14.2 Å². The minimum atomic E-state index is -0.505. The molecule has 0 radical (unpaired) electrons. The number of carbonyl (C=O) groups is 2. The summed E-state index contributed by atoms with van der Waals surface area (Å²) >= 11 is 0. The number of aromatic nitrogens is 2. The molecule has 7 heteroatoms. The smallest absolute Gasteiger partial charge is 0.340 e. The van der Waals surface area contributed by atoms with Gasteiger partial charge in [0.25, 0.3) is 0 Å². The summed E-state index contributed by atoms with van der Waals surface area (Å²) in [6.45, 7) is 10.6. The van der Waals surface area contributed by atoms with Crippen LogP contribution in [0.2, 0.25) is 0 Å². The van der Waals surface area contributed by atoms with Gasteiger partial charge in [0.2, 0.25) is 0 Å². The van der Waals surface area contributed by atoms with E-state index in [1.807, 2.05) is 0 Å². The standard InChI is InChI=1S/C32H38N2O5/c1-20(2)24-12-13-31(4)27(38-30(36)23-9-7-15-34-19-23)16-21(3)10-11-26-32(5,39-26)17-25(28(24)31)37-29(35)22-8-6-14-33-18-22/h6-9,14-16,18-19,25-28H,10-13,17H2,1-5H3/b21-16+/t25-,26+,27-,28+,31+,32-/m0/s1. The molecule has 2 aliphatic carbocycles. The molecule has 1 saturated carbocycles. The maximum atomic E-state index is 13.4. The highest BCUT2D eigenvalue weighted by Crippen LogP contribution is 2.57. The van der Waals surface area contributed by atoms with E-state index in [-0.39, 0.29) is 17.6 Å². The van der Waals surface area contributed by atoms with Crippen molar-refractivity contribution in [2.75, 3.05) is 0 Å². The number of hydrogen-bond acceptors (Lipinski definition) is 7. The maximum Gasteiger partial charge on any atom is 0.340 e. The van der Waals surface area contributed by atoms with Crippen LogP contribution in [0.3, 0.4) is 0 Å². The Hall–Kier alpha value is -3.32. The van der Waals surface area contributed by atoms with E-state index in [0.29, 0.717) is 17.5 Å². The summed E-state index contributed by atoms with van der Waals surface area (Å²) in [6, 6.07) is 6.91. The summed E-state index contributed by atoms with van der Waals surface area (Å²) in [5, 5.41) is 0. The van der Waals surface area contributed by atoms with Crippen molar-refractivity contribution in [1.29, 1.82) is 0 Å². The topological polar surface area (TPSA) is 90.9 Å². The maximum absolute atomic E-state index is 13.4. The van der Waals surface area contributed by atoms with Crippen LogP contribution < -0.4 is 0 Å². The molecule has 0 spiro atoms. The van der Waals surface area contributed by atoms with E-state index in [9.17, 15) is 9.59 Å². The van der Waals surface area contributed by atoms with Gasteiger partial charge in [-0.15, -0.1) is 0 Å². The summed E-state index contributed by atoms with van der Waals surface area (Å²) in [6.07, 6.45) is 11.5. The molecular weight excluding hydrogens is 492 g/mol. The van der Waals surface area contributed by atoms with Crippen LogP contribution in [-0.2, 0) is 14.2 Å². The average Bonchev–Trinajstić information content (AvgIpc) is 3.42. The molecular formula is C32H38N2O5. The van der Waals surface area contributed by atoms with Gasteiger partial charge in [-0.25, -0.2) is 9.59 Å². The highest BCUT2D eigenvalue weighted by Gasteiger charge is 2.59. The van der Waals surface area contributed by atoms with Crippen LogP contribution in [0.15, 0.2) is 71.8 Å². The highest BCUT2D eigenvalue weighted by atomic mass is 16.6. The number of hydrogen-bond donors (Lipinski definition) is 0. The van der Waals surface area contributed by atoms with Crippen molar-refractivity contribution in [2.45, 2.75) is 90.6 Å². The minimum Gasteiger partial charge on any atom is -0.458 e. The summed E-state index contributed by atoms with van der Waals surface area (Å²) in [5.74, 6) is -0.958. The molecule has 0 N–H and O–H groups in total. The van der Waals surface area contributed by atoms with Crippen molar-refractivity contribution in [3.63, 3.8) is 0 Å². The number of fused-ring (bicyclic) bond motifs is 2. The second-order valence-corrected chi connectivity index (χ2v) is 11.9. The average molecular weight is 531 g/mol. The number of nitrogens with zero attached hydrogens (tertiary/aromatic N) is 2. The number of allylic oxidation sites excluding steroid dienone is 2. The summed E-state index contributed by atoms with van der Waals surface area (Å²) < 4.78 is 18.9. The quantitative estimate of drug-likeness (QED) is 0.261. The van der Waals surface area contributed by atoms with Gasteiger partial charge >= 0.3 is 11.9 Å². The Bertz CT molecular complexity index is 1290. The molecule has 0 unspecified atom stereocenters. The van der Waals surface area contributed by atoms with Gasteiger partial charge in [0.05, 0.1) is 22.8 Å². The Kier molecular flexibility index (Phi) is 7.47. The lowest BCUT2D eigenvalue weighted by atomic mass is 9.69. The second kappa shape index (κ2) is 10.7. The van der Waals surface area contributed by atoms with Crippen molar-refractivity contribution >= 4 is 11.9 Å². The summed E-state index contributed by atoms with van der Waals surface area (Å²) in [5.41, 5.74) is 3.58. The first-order valence-corrected chi connectivity index (χ1v) is 13.8. The molecule has 5 rings (SSSR count). The van der Waals surface area contributed by atoms with Crippen molar-refractivity contribution in [3.8, 4) is 0 Å². The number of rotatable bonds is 4. The zero-order valence-corrected chi connectivity index (χ0v) is 23.5. The van der Waals surface area contributed by atoms with Crippen LogP contribution in [0.1, 0.15) is 87.4 Å². The normalized spacial score (nSPS) is 33.5. The Morgan fingerprint density at radius 1 is 0.974 bits per heavy atom. The Labute approximate surface area is 230 Å². The van der Waals surface area contributed by atoms with Gasteiger partial charge in [-0.3, -0.25) is 9.97 Å². The third-order valence-electron chi connectivity index (χ3n) is 8.85. The molecule has 206 valence electrons. The molecule has 3 aliphatic rings. The molecule has 3 heterocycles. The molecule has 6 atom stereocenters. The van der Waals surface area contributed by atoms with Crippen molar-refractivity contribution in [1.82, 2.24) is 9.97 Å². The Balaban J connectivity index is 1.58. The SMILES string of the molecule is CC(C)=C1CC[C@]2(C)[C@@H](OC(=O)c3cccnc3)/C=C(\C)CC[C@H]3O[C@@]3(C)C[C@H](OC(=O)c3cccnc3)[C@@H]12. The predicted octanol–water partition coefficient (Wildman–Crippen LogP) is 6.27. The van der Waals surface area contributed by atoms with E-state index < -0.39 is 29.6 Å². The van der Waals surface area contributed by atoms with Gasteiger partial charge in [0.15, 0.2) is 0 Å². The molecule has 1 saturated heterocycles. The largest absolute Gasteiger partial charge is 0.458 e. The number of esters is 2. The second-order valence-electron chi connectivity index (χ2n) is 11.9. The highest BCUT2D eigenvalue weighted by molar-refractivity contribution is 5.89. The zero-order chi connectivity index (χ0) is 27.8. The molecule has 1 aliphatic heterocycles. The fourth-order valence-electron chi connectivity index (χ4n) is 6.52. The number of ether oxygens (including phenoxy) is 3. The first-order valence-electron chi connectivity index (χ1n) is 13.8. The third-order valence-corrected chi connectivity index (χ3v) is 8.85. The number of carbonyl (C=O) groups excluding carboxylic acids is 2. The predicted molar refractivity (Wildman–Crippen MR) is 147 cm³/mol. The van der Waals surface area contributed by atoms with Crippen molar-refractivity contribution < 1.29 is 23.8 Å². The fraction of sp³-hybridized carbons (Fsp3) is 0.500. The van der Waals surface area contributed by atoms with Crippen LogP contribution >= 0.6 is 0 Å². The van der Waals surface area contributed by atoms with Crippen LogP contribution in [0.4, 0.5) is 0 Å².